The fraction of sp³-hybridized carbons (Fsp3) is 0.542. The molecule has 5 fully saturated rings. The molecule has 4 amide bonds. The van der Waals surface area contributed by atoms with Gasteiger partial charge in [0.2, 0.25) is 11.8 Å². The van der Waals surface area contributed by atoms with Gasteiger partial charge in [0.25, 0.3) is 5.91 Å². The number of aryl methyl sites for hydroxylation is 1. The molecule has 6 aliphatic rings. The van der Waals surface area contributed by atoms with Crippen molar-refractivity contribution in [2.24, 2.45) is 27.9 Å². The Bertz CT molecular complexity index is 4020. The van der Waals surface area contributed by atoms with Crippen LogP contribution in [0.2, 0.25) is 0 Å². The molecular weight excluding hydrogens is 1320 g/mol. The summed E-state index contributed by atoms with van der Waals surface area (Å²) in [6.07, 6.45) is -7.85. The van der Waals surface area contributed by atoms with Crippen molar-refractivity contribution in [2.75, 3.05) is 48.4 Å². The molecule has 6 aromatic rings. The normalized spacial score (nSPS) is 26.0. The zero-order chi connectivity index (χ0) is 72.6. The van der Waals surface area contributed by atoms with Crippen LogP contribution in [0.25, 0.3) is 21.3 Å². The van der Waals surface area contributed by atoms with Crippen LogP contribution in [0.15, 0.2) is 79.0 Å². The highest BCUT2D eigenvalue weighted by Gasteiger charge is 2.66. The summed E-state index contributed by atoms with van der Waals surface area (Å²) in [6, 6.07) is 19.6. The number of para-hydroxylation sites is 1. The van der Waals surface area contributed by atoms with Gasteiger partial charge in [-0.05, 0) is 165 Å². The van der Waals surface area contributed by atoms with Gasteiger partial charge in [0.15, 0.2) is 16.9 Å². The zero-order valence-electron chi connectivity index (χ0n) is 57.5. The number of amides is 4. The Hall–Kier alpha value is -8.07. The number of aromatic nitrogens is 4. The zero-order valence-corrected chi connectivity index (χ0v) is 58.3. The summed E-state index contributed by atoms with van der Waals surface area (Å²) in [4.78, 5) is 92.4. The number of carboxylic acids is 2. The number of anilines is 3. The SMILES string of the molecule is Cc1c(-c2ccc(N3CCc4cccc(C(=O)Nc5nc6ccccc6s5)c4C3)nc2C(=O)O)cnn1CC12CC3(C)CC(C)(C1)CC(OCCN(CC[C@@H](O)[C@H](O)[C@H](O)CO)C(=O)OCc1ccc(NC(=O)[C@H](C)NC(=O)[C@@H](N)C(C)C)cc1CC[C@@H]1O[C@H](C(=O)O)[C@@H](O)[C@H](O)[C@H]1O)(C3)C2. The Morgan fingerprint density at radius 1 is 0.822 bits per heavy atom. The standard InChI is InChI=1S/C72H92N10O18S/c1-38(2)55(73)64(92)75-39(3)62(90)76-44-16-14-43(42(26-44)15-18-52-58(87)59(88)60(89)61(100-52)66(95)96)30-98-68(97)80(23-21-50(84)57(86)51(85)29-83)24-25-99-72-34-69(5)31-70(6,35-72)33-71(32-69,36-72)37-82-40(4)47(27-74-82)45-17-19-54(78-56(45)65(93)94)81-22-20-41-10-9-11-46(48(41)28-81)63(91)79-67-77-49-12-7-8-13-53(49)101-67/h7-14,16-17,19,26-27,38-39,50-52,55,57-61,83-89H,15,18,20-25,28-37,73H2,1-6H3,(H,75,92)(H,76,90)(H,93,94)(H,95,96)(H,77,79,91)/t39-,50+,51+,52-,55-,57-,58-,59+,60-,61-,69?,70?,71?,72?/m0/s1. The number of carbonyl (C=O) groups is 6. The molecule has 0 radical (unpaired) electrons. The molecule has 3 aromatic heterocycles. The van der Waals surface area contributed by atoms with E-state index in [1.807, 2.05) is 59.0 Å². The van der Waals surface area contributed by atoms with Crippen molar-refractivity contribution in [1.82, 2.24) is 30.0 Å². The molecule has 12 atom stereocenters. The second-order valence-corrected chi connectivity index (χ2v) is 30.5. The van der Waals surface area contributed by atoms with Crippen molar-refractivity contribution >= 4 is 73.9 Å². The second-order valence-electron chi connectivity index (χ2n) is 29.5. The quantitative estimate of drug-likeness (QED) is 0.0310. The van der Waals surface area contributed by atoms with Crippen LogP contribution >= 0.6 is 11.3 Å². The van der Waals surface area contributed by atoms with Crippen molar-refractivity contribution in [3.05, 3.63) is 118 Å². The van der Waals surface area contributed by atoms with Crippen molar-refractivity contribution in [2.45, 2.75) is 192 Å². The van der Waals surface area contributed by atoms with Crippen LogP contribution in [0.3, 0.4) is 0 Å². The molecular formula is C72H92N10O18S. The number of aromatic carboxylic acids is 1. The van der Waals surface area contributed by atoms with Gasteiger partial charge in [-0.3, -0.25) is 24.4 Å². The molecule has 5 heterocycles. The Balaban J connectivity index is 0.787. The van der Waals surface area contributed by atoms with Crippen molar-refractivity contribution in [3.63, 3.8) is 0 Å². The highest BCUT2D eigenvalue weighted by molar-refractivity contribution is 7.22. The van der Waals surface area contributed by atoms with Crippen molar-refractivity contribution < 1.29 is 88.9 Å². The van der Waals surface area contributed by atoms with E-state index in [0.717, 1.165) is 59.1 Å². The third-order valence-electron chi connectivity index (χ3n) is 20.9. The Morgan fingerprint density at radius 2 is 1.56 bits per heavy atom. The van der Waals surface area contributed by atoms with Crippen LogP contribution in [0.5, 0.6) is 0 Å². The number of aliphatic carboxylic acids is 1. The number of nitrogens with one attached hydrogen (secondary N) is 3. The van der Waals surface area contributed by atoms with Gasteiger partial charge in [-0.25, -0.2) is 24.4 Å². The summed E-state index contributed by atoms with van der Waals surface area (Å²) in [5.74, 6) is -3.95. The molecule has 3 aromatic carbocycles. The number of carbonyl (C=O) groups excluding carboxylic acids is 4. The van der Waals surface area contributed by atoms with E-state index in [4.69, 9.17) is 30.0 Å². The van der Waals surface area contributed by atoms with Gasteiger partial charge in [0, 0.05) is 60.8 Å². The second kappa shape index (κ2) is 30.1. The largest absolute Gasteiger partial charge is 0.479 e. The lowest BCUT2D eigenvalue weighted by atomic mass is 9.39. The number of fused-ring (bicyclic) bond motifs is 2. The van der Waals surface area contributed by atoms with Gasteiger partial charge >= 0.3 is 18.0 Å². The number of nitrogens with zero attached hydrogens (tertiary/aromatic N) is 6. The average Bonchev–Trinajstić information content (AvgIpc) is 1.01. The summed E-state index contributed by atoms with van der Waals surface area (Å²) < 4.78 is 21.6. The highest BCUT2D eigenvalue weighted by Crippen LogP contribution is 2.72. The molecule has 544 valence electrons. The number of rotatable bonds is 28. The Kier molecular flexibility index (Phi) is 22.1. The highest BCUT2D eigenvalue weighted by atomic mass is 32.1. The number of nitrogens with two attached hydrogens (primary N) is 1. The summed E-state index contributed by atoms with van der Waals surface area (Å²) in [7, 11) is 0. The molecule has 4 aliphatic carbocycles. The van der Waals surface area contributed by atoms with E-state index < -0.39 is 110 Å². The minimum absolute atomic E-state index is 0.0101. The third kappa shape index (κ3) is 16.2. The predicted octanol–water partition coefficient (Wildman–Crippen LogP) is 4.91. The molecule has 101 heavy (non-hydrogen) atoms. The Labute approximate surface area is 587 Å². The number of thiazole rings is 1. The van der Waals surface area contributed by atoms with Gasteiger partial charge in [-0.2, -0.15) is 5.10 Å². The molecule has 12 rings (SSSR count). The number of hydrogen-bond donors (Lipinski definition) is 13. The average molecular weight is 1420 g/mol. The third-order valence-corrected chi connectivity index (χ3v) is 21.9. The van der Waals surface area contributed by atoms with E-state index in [-0.39, 0.29) is 78.4 Å². The molecule has 29 heteroatoms. The van der Waals surface area contributed by atoms with E-state index in [2.05, 4.69) is 34.8 Å². The Morgan fingerprint density at radius 3 is 2.27 bits per heavy atom. The number of pyridine rings is 1. The van der Waals surface area contributed by atoms with E-state index in [9.17, 15) is 74.7 Å². The van der Waals surface area contributed by atoms with Crippen LogP contribution in [0.1, 0.15) is 135 Å². The molecule has 2 aliphatic heterocycles. The minimum Gasteiger partial charge on any atom is -0.479 e. The molecule has 0 spiro atoms. The molecule has 4 bridgehead atoms. The van der Waals surface area contributed by atoms with Crippen LogP contribution in [0, 0.1) is 29.1 Å². The summed E-state index contributed by atoms with van der Waals surface area (Å²) in [5, 5.41) is 108. The molecule has 28 nitrogen and oxygen atoms in total. The first-order chi connectivity index (χ1) is 47.9. The summed E-state index contributed by atoms with van der Waals surface area (Å²) >= 11 is 1.39. The first kappa shape index (κ1) is 74.1. The lowest BCUT2D eigenvalue weighted by Crippen LogP contribution is -2.64. The number of benzene rings is 3. The molecule has 14 N–H and O–H groups in total. The lowest BCUT2D eigenvalue weighted by molar-refractivity contribution is -0.248. The van der Waals surface area contributed by atoms with Crippen LogP contribution < -0.4 is 26.6 Å². The summed E-state index contributed by atoms with van der Waals surface area (Å²) in [6.45, 7) is 11.4. The fourth-order valence-electron chi connectivity index (χ4n) is 16.8. The maximum absolute atomic E-state index is 14.5. The maximum atomic E-state index is 14.5. The maximum Gasteiger partial charge on any atom is 0.410 e. The first-order valence-corrected chi connectivity index (χ1v) is 35.1. The van der Waals surface area contributed by atoms with E-state index >= 15 is 0 Å². The number of aliphatic hydroxyl groups excluding tert-OH is 7. The number of aliphatic hydroxyl groups is 7. The molecule has 4 saturated carbocycles. The molecule has 2 unspecified atom stereocenters. The van der Waals surface area contributed by atoms with Crippen LogP contribution in [0.4, 0.5) is 21.4 Å². The molecule has 1 saturated heterocycles. The van der Waals surface area contributed by atoms with E-state index in [1.165, 1.54) is 29.2 Å². The number of hydrogen-bond acceptors (Lipinski definition) is 22. The number of ether oxygens (including phenoxy) is 3. The van der Waals surface area contributed by atoms with Crippen LogP contribution in [-0.4, -0.2) is 206 Å². The topological polar surface area (TPSA) is 424 Å². The van der Waals surface area contributed by atoms with Crippen LogP contribution in [-0.2, 0) is 61.1 Å². The fourth-order valence-corrected chi connectivity index (χ4v) is 17.7. The predicted molar refractivity (Wildman–Crippen MR) is 371 cm³/mol. The minimum atomic E-state index is -1.93. The van der Waals surface area contributed by atoms with Gasteiger partial charge in [-0.15, -0.1) is 0 Å². The van der Waals surface area contributed by atoms with Crippen molar-refractivity contribution in [1.29, 1.82) is 0 Å². The smallest absolute Gasteiger partial charge is 0.410 e. The van der Waals surface area contributed by atoms with Crippen molar-refractivity contribution in [3.8, 4) is 11.1 Å². The number of carboxylic acid groups (broad SMARTS) is 2. The van der Waals surface area contributed by atoms with E-state index in [0.29, 0.717) is 71.2 Å². The monoisotopic (exact) mass is 1420 g/mol. The van der Waals surface area contributed by atoms with Gasteiger partial charge < -0.3 is 86.3 Å². The van der Waals surface area contributed by atoms with Gasteiger partial charge in [0.1, 0.15) is 49.0 Å². The lowest BCUT2D eigenvalue weighted by Gasteiger charge is -2.69. The summed E-state index contributed by atoms with van der Waals surface area (Å²) in [5.41, 5.74) is 10.5. The van der Waals surface area contributed by atoms with Gasteiger partial charge in [-0.1, -0.05) is 69.4 Å². The van der Waals surface area contributed by atoms with E-state index in [1.54, 1.807) is 44.3 Å². The first-order valence-electron chi connectivity index (χ1n) is 34.3. The van der Waals surface area contributed by atoms with Gasteiger partial charge in [0.05, 0.1) is 53.5 Å².